The molecule has 1 aliphatic rings. The van der Waals surface area contributed by atoms with Gasteiger partial charge in [-0.05, 0) is 24.7 Å². The van der Waals surface area contributed by atoms with E-state index in [9.17, 15) is 4.79 Å². The van der Waals surface area contributed by atoms with E-state index in [1.54, 1.807) is 0 Å². The molecule has 0 spiro atoms. The third kappa shape index (κ3) is 1.60. The molecular weight excluding hydrogens is 148 g/mol. The van der Waals surface area contributed by atoms with E-state index in [0.29, 0.717) is 5.92 Å². The van der Waals surface area contributed by atoms with E-state index < -0.39 is 0 Å². The van der Waals surface area contributed by atoms with Gasteiger partial charge in [-0.15, -0.1) is 0 Å². The summed E-state index contributed by atoms with van der Waals surface area (Å²) in [6.07, 6.45) is 4.44. The number of hydrogen-bond acceptors (Lipinski definition) is 1. The molecule has 0 saturated heterocycles. The lowest BCUT2D eigenvalue weighted by Crippen LogP contribution is -2.32. The topological polar surface area (TPSA) is 17.1 Å². The minimum absolute atomic E-state index is 0.0590. The highest BCUT2D eigenvalue weighted by atomic mass is 16.1. The van der Waals surface area contributed by atoms with Crippen LogP contribution >= 0.6 is 0 Å². The Labute approximate surface area is 74.9 Å². The van der Waals surface area contributed by atoms with Gasteiger partial charge in [0.15, 0.2) is 0 Å². The molecule has 68 valence electrons. The van der Waals surface area contributed by atoms with Crippen molar-refractivity contribution in [3.8, 4) is 0 Å². The summed E-state index contributed by atoms with van der Waals surface area (Å²) >= 11 is 0. The third-order valence-corrected chi connectivity index (χ3v) is 2.88. The average molecular weight is 166 g/mol. The quantitative estimate of drug-likeness (QED) is 0.432. The lowest BCUT2D eigenvalue weighted by atomic mass is 9.67. The van der Waals surface area contributed by atoms with Crippen molar-refractivity contribution >= 4 is 6.29 Å². The van der Waals surface area contributed by atoms with E-state index in [1.807, 2.05) is 0 Å². The largest absolute Gasteiger partial charge is 0.303 e. The van der Waals surface area contributed by atoms with E-state index >= 15 is 0 Å². The molecule has 0 aromatic carbocycles. The van der Waals surface area contributed by atoms with Crippen LogP contribution in [0.5, 0.6) is 0 Å². The molecule has 12 heavy (non-hydrogen) atoms. The van der Waals surface area contributed by atoms with E-state index in [2.05, 4.69) is 33.8 Å². The van der Waals surface area contributed by atoms with Crippen molar-refractivity contribution in [1.29, 1.82) is 0 Å². The third-order valence-electron chi connectivity index (χ3n) is 2.88. The van der Waals surface area contributed by atoms with E-state index in [-0.39, 0.29) is 11.3 Å². The second kappa shape index (κ2) is 3.04. The van der Waals surface area contributed by atoms with Crippen molar-refractivity contribution in [1.82, 2.24) is 0 Å². The van der Waals surface area contributed by atoms with Crippen LogP contribution in [0.4, 0.5) is 0 Å². The van der Waals surface area contributed by atoms with Crippen LogP contribution in [-0.2, 0) is 4.79 Å². The van der Waals surface area contributed by atoms with Crippen molar-refractivity contribution in [3.63, 3.8) is 0 Å². The summed E-state index contributed by atoms with van der Waals surface area (Å²) in [7, 11) is 0. The van der Waals surface area contributed by atoms with Gasteiger partial charge in [0.2, 0.25) is 0 Å². The second-order valence-corrected chi connectivity index (χ2v) is 4.66. The normalized spacial score (nSPS) is 34.2. The van der Waals surface area contributed by atoms with Gasteiger partial charge in [0.25, 0.3) is 0 Å². The Morgan fingerprint density at radius 3 is 2.58 bits per heavy atom. The molecule has 0 aromatic heterocycles. The first-order valence-corrected chi connectivity index (χ1v) is 4.61. The summed E-state index contributed by atoms with van der Waals surface area (Å²) in [5.41, 5.74) is 1.48. The lowest BCUT2D eigenvalue weighted by Gasteiger charge is -2.37. The molecule has 0 radical (unpaired) electrons. The van der Waals surface area contributed by atoms with Crippen LogP contribution < -0.4 is 0 Å². The molecule has 0 N–H and O–H groups in total. The summed E-state index contributed by atoms with van der Waals surface area (Å²) in [6, 6.07) is 0. The predicted molar refractivity (Wildman–Crippen MR) is 50.9 cm³/mol. The number of allylic oxidation sites excluding steroid dienone is 2. The maximum absolute atomic E-state index is 10.9. The first kappa shape index (κ1) is 9.50. The average Bonchev–Trinajstić information content (AvgIpc) is 1.82. The predicted octanol–water partition coefficient (Wildman–Crippen LogP) is 2.81. The molecule has 1 nitrogen and oxygen atoms in total. The first-order valence-electron chi connectivity index (χ1n) is 4.61. The Morgan fingerprint density at radius 2 is 2.17 bits per heavy atom. The zero-order valence-corrected chi connectivity index (χ0v) is 8.42. The van der Waals surface area contributed by atoms with Crippen molar-refractivity contribution in [3.05, 3.63) is 11.6 Å². The van der Waals surface area contributed by atoms with Crippen molar-refractivity contribution in [2.75, 3.05) is 0 Å². The van der Waals surface area contributed by atoms with Crippen LogP contribution in [0.3, 0.4) is 0 Å². The standard InChI is InChI=1S/C11H18O/c1-8-5-9(2)10(7-12)11(3,4)6-8/h6-7,9-10H,5H2,1-4H3. The molecule has 2 atom stereocenters. The van der Waals surface area contributed by atoms with E-state index in [1.165, 1.54) is 5.57 Å². The van der Waals surface area contributed by atoms with Crippen LogP contribution in [0, 0.1) is 17.3 Å². The molecule has 0 fully saturated rings. The van der Waals surface area contributed by atoms with Crippen molar-refractivity contribution < 1.29 is 4.79 Å². The molecule has 0 aromatic rings. The Hall–Kier alpha value is -0.590. The summed E-state index contributed by atoms with van der Waals surface area (Å²) in [6.45, 7) is 8.60. The SMILES string of the molecule is CC1=CC(C)(C)C(C=O)C(C)C1. The fourth-order valence-electron chi connectivity index (χ4n) is 2.47. The monoisotopic (exact) mass is 166 g/mol. The summed E-state index contributed by atoms with van der Waals surface area (Å²) in [5.74, 6) is 0.698. The summed E-state index contributed by atoms with van der Waals surface area (Å²) < 4.78 is 0. The van der Waals surface area contributed by atoms with Gasteiger partial charge in [0.1, 0.15) is 6.29 Å². The number of rotatable bonds is 1. The Bertz CT molecular complexity index is 213. The van der Waals surface area contributed by atoms with Gasteiger partial charge in [0.05, 0.1) is 0 Å². The number of aldehydes is 1. The van der Waals surface area contributed by atoms with Crippen molar-refractivity contribution in [2.24, 2.45) is 17.3 Å². The summed E-state index contributed by atoms with van der Waals surface area (Å²) in [5, 5.41) is 0. The number of carbonyl (C=O) groups is 1. The van der Waals surface area contributed by atoms with Crippen LogP contribution in [0.25, 0.3) is 0 Å². The van der Waals surface area contributed by atoms with Crippen LogP contribution in [0.1, 0.15) is 34.1 Å². The molecule has 0 saturated carbocycles. The van der Waals surface area contributed by atoms with Crippen LogP contribution in [-0.4, -0.2) is 6.29 Å². The molecular formula is C11H18O. The van der Waals surface area contributed by atoms with Gasteiger partial charge in [-0.25, -0.2) is 0 Å². The highest BCUT2D eigenvalue weighted by Gasteiger charge is 2.34. The van der Waals surface area contributed by atoms with Crippen LogP contribution in [0.15, 0.2) is 11.6 Å². The zero-order valence-electron chi connectivity index (χ0n) is 8.42. The Balaban J connectivity index is 2.96. The van der Waals surface area contributed by atoms with Crippen molar-refractivity contribution in [2.45, 2.75) is 34.1 Å². The molecule has 0 bridgehead atoms. The van der Waals surface area contributed by atoms with Gasteiger partial charge >= 0.3 is 0 Å². The van der Waals surface area contributed by atoms with E-state index in [4.69, 9.17) is 0 Å². The minimum Gasteiger partial charge on any atom is -0.303 e. The Kier molecular flexibility index (Phi) is 2.41. The highest BCUT2D eigenvalue weighted by Crippen LogP contribution is 2.40. The molecule has 2 unspecified atom stereocenters. The fourth-order valence-corrected chi connectivity index (χ4v) is 2.47. The van der Waals surface area contributed by atoms with Gasteiger partial charge in [-0.2, -0.15) is 0 Å². The van der Waals surface area contributed by atoms with Gasteiger partial charge in [0, 0.05) is 5.92 Å². The molecule has 1 heteroatoms. The molecule has 0 aliphatic heterocycles. The second-order valence-electron chi connectivity index (χ2n) is 4.66. The fraction of sp³-hybridized carbons (Fsp3) is 0.727. The zero-order chi connectivity index (χ0) is 9.35. The van der Waals surface area contributed by atoms with E-state index in [0.717, 1.165) is 12.7 Å². The molecule has 0 amide bonds. The van der Waals surface area contributed by atoms with Gasteiger partial charge in [-0.1, -0.05) is 32.4 Å². The van der Waals surface area contributed by atoms with Gasteiger partial charge < -0.3 is 4.79 Å². The molecule has 0 heterocycles. The first-order chi connectivity index (χ1) is 5.47. The highest BCUT2D eigenvalue weighted by molar-refractivity contribution is 5.57. The Morgan fingerprint density at radius 1 is 1.58 bits per heavy atom. The summed E-state index contributed by atoms with van der Waals surface area (Å²) in [4.78, 5) is 10.9. The maximum atomic E-state index is 10.9. The van der Waals surface area contributed by atoms with Gasteiger partial charge in [-0.3, -0.25) is 0 Å². The van der Waals surface area contributed by atoms with Crippen LogP contribution in [0.2, 0.25) is 0 Å². The number of carbonyl (C=O) groups excluding carboxylic acids is 1. The number of hydrogen-bond donors (Lipinski definition) is 0. The molecule has 1 rings (SSSR count). The molecule has 1 aliphatic carbocycles. The lowest BCUT2D eigenvalue weighted by molar-refractivity contribution is -0.115. The smallest absolute Gasteiger partial charge is 0.124 e. The minimum atomic E-state index is 0.0590. The maximum Gasteiger partial charge on any atom is 0.124 e.